The van der Waals surface area contributed by atoms with E-state index in [0.717, 1.165) is 19.3 Å². The molecule has 0 atom stereocenters. The molecule has 2 heterocycles. The first kappa shape index (κ1) is 15.1. The Kier molecular flexibility index (Phi) is 4.66. The van der Waals surface area contributed by atoms with Crippen molar-refractivity contribution in [1.82, 2.24) is 20.3 Å². The van der Waals surface area contributed by atoms with Crippen LogP contribution in [0.4, 0.5) is 11.5 Å². The minimum Gasteiger partial charge on any atom is -0.373 e. The number of nitro groups is 1. The summed E-state index contributed by atoms with van der Waals surface area (Å²) >= 11 is 0. The number of nitrogens with one attached hydrogen (secondary N) is 2. The maximum Gasteiger partial charge on any atom is 0.300 e. The molecule has 0 unspecified atom stereocenters. The van der Waals surface area contributed by atoms with Gasteiger partial charge in [0, 0.05) is 39.3 Å². The highest BCUT2D eigenvalue weighted by molar-refractivity contribution is 5.98. The first-order chi connectivity index (χ1) is 10.0. The summed E-state index contributed by atoms with van der Waals surface area (Å²) in [6.07, 6.45) is 1.09. The Hall–Kier alpha value is -2.26. The highest BCUT2D eigenvalue weighted by Crippen LogP contribution is 2.20. The molecule has 1 amide bonds. The zero-order valence-corrected chi connectivity index (χ0v) is 12.0. The van der Waals surface area contributed by atoms with Crippen LogP contribution in [-0.2, 0) is 0 Å². The Bertz CT molecular complexity index is 542. The third kappa shape index (κ3) is 3.64. The summed E-state index contributed by atoms with van der Waals surface area (Å²) < 4.78 is 0. The molecule has 1 saturated heterocycles. The number of rotatable bonds is 4. The molecule has 0 aromatic carbocycles. The van der Waals surface area contributed by atoms with E-state index in [1.165, 1.54) is 6.07 Å². The second-order valence-corrected chi connectivity index (χ2v) is 4.83. The molecule has 9 nitrogen and oxygen atoms in total. The van der Waals surface area contributed by atoms with Gasteiger partial charge in [0.25, 0.3) is 11.6 Å². The minimum atomic E-state index is -0.606. The fourth-order valence-electron chi connectivity index (χ4n) is 2.03. The van der Waals surface area contributed by atoms with Crippen LogP contribution in [0.25, 0.3) is 0 Å². The first-order valence-electron chi connectivity index (χ1n) is 6.58. The number of pyridine rings is 1. The van der Waals surface area contributed by atoms with Crippen LogP contribution in [0.2, 0.25) is 0 Å². The summed E-state index contributed by atoms with van der Waals surface area (Å²) in [5.74, 6) is -0.0886. The molecule has 0 aliphatic carbocycles. The molecular formula is C12H18N6O3. The predicted octanol–water partition coefficient (Wildman–Crippen LogP) is -0.0763. The number of hydrogen-bond acceptors (Lipinski definition) is 7. The molecule has 2 N–H and O–H groups in total. The third-order valence-electron chi connectivity index (χ3n) is 3.34. The molecule has 1 aliphatic heterocycles. The number of hydrazine groups is 1. The summed E-state index contributed by atoms with van der Waals surface area (Å²) in [5.41, 5.74) is 2.40. The SMILES string of the molecule is CNc1cc(C(=O)NN2CCN(C)CC2)c([N+](=O)[O-])cn1. The quantitative estimate of drug-likeness (QED) is 0.591. The van der Waals surface area contributed by atoms with Crippen LogP contribution in [0, 0.1) is 10.1 Å². The molecule has 1 aromatic rings. The Morgan fingerprint density at radius 2 is 2.05 bits per heavy atom. The number of piperazine rings is 1. The van der Waals surface area contributed by atoms with Crippen LogP contribution in [0.5, 0.6) is 0 Å². The van der Waals surface area contributed by atoms with E-state index in [1.807, 2.05) is 7.05 Å². The predicted molar refractivity (Wildman–Crippen MR) is 77.0 cm³/mol. The van der Waals surface area contributed by atoms with Crippen molar-refractivity contribution in [3.05, 3.63) is 27.9 Å². The number of likely N-dealkylation sites (N-methyl/N-ethyl adjacent to an activating group) is 1. The van der Waals surface area contributed by atoms with E-state index < -0.39 is 10.8 Å². The van der Waals surface area contributed by atoms with Gasteiger partial charge in [-0.2, -0.15) is 0 Å². The van der Waals surface area contributed by atoms with E-state index in [2.05, 4.69) is 20.6 Å². The lowest BCUT2D eigenvalue weighted by molar-refractivity contribution is -0.385. The lowest BCUT2D eigenvalue weighted by atomic mass is 10.2. The van der Waals surface area contributed by atoms with E-state index in [1.54, 1.807) is 12.1 Å². The molecule has 2 rings (SSSR count). The smallest absolute Gasteiger partial charge is 0.300 e. The van der Waals surface area contributed by atoms with E-state index in [0.29, 0.717) is 18.9 Å². The molecule has 1 fully saturated rings. The topological polar surface area (TPSA) is 104 Å². The lowest BCUT2D eigenvalue weighted by Crippen LogP contribution is -2.52. The van der Waals surface area contributed by atoms with Gasteiger partial charge in [0.1, 0.15) is 17.6 Å². The second kappa shape index (κ2) is 6.46. The van der Waals surface area contributed by atoms with E-state index in [4.69, 9.17) is 0 Å². The highest BCUT2D eigenvalue weighted by atomic mass is 16.6. The molecule has 0 spiro atoms. The van der Waals surface area contributed by atoms with Crippen molar-refractivity contribution in [3.8, 4) is 0 Å². The zero-order valence-electron chi connectivity index (χ0n) is 12.0. The molecule has 1 aliphatic rings. The summed E-state index contributed by atoms with van der Waals surface area (Å²) in [6, 6.07) is 1.38. The van der Waals surface area contributed by atoms with Gasteiger partial charge in [-0.05, 0) is 7.05 Å². The minimum absolute atomic E-state index is 0.00159. The fraction of sp³-hybridized carbons (Fsp3) is 0.500. The Balaban J connectivity index is 2.15. The van der Waals surface area contributed by atoms with E-state index >= 15 is 0 Å². The van der Waals surface area contributed by atoms with Gasteiger partial charge in [-0.25, -0.2) is 9.99 Å². The van der Waals surface area contributed by atoms with Crippen molar-refractivity contribution in [1.29, 1.82) is 0 Å². The number of carbonyl (C=O) groups excluding carboxylic acids is 1. The van der Waals surface area contributed by atoms with Crippen molar-refractivity contribution in [2.45, 2.75) is 0 Å². The molecule has 0 radical (unpaired) electrons. The lowest BCUT2D eigenvalue weighted by Gasteiger charge is -2.32. The molecule has 9 heteroatoms. The van der Waals surface area contributed by atoms with Crippen LogP contribution >= 0.6 is 0 Å². The molecule has 114 valence electrons. The first-order valence-corrected chi connectivity index (χ1v) is 6.58. The highest BCUT2D eigenvalue weighted by Gasteiger charge is 2.24. The average Bonchev–Trinajstić information content (AvgIpc) is 2.48. The number of amides is 1. The van der Waals surface area contributed by atoms with Crippen LogP contribution in [0.1, 0.15) is 10.4 Å². The third-order valence-corrected chi connectivity index (χ3v) is 3.34. The van der Waals surface area contributed by atoms with Crippen LogP contribution < -0.4 is 10.7 Å². The molecular weight excluding hydrogens is 276 g/mol. The number of hydrogen-bond donors (Lipinski definition) is 2. The van der Waals surface area contributed by atoms with Gasteiger partial charge in [0.2, 0.25) is 0 Å². The Morgan fingerprint density at radius 3 is 2.62 bits per heavy atom. The molecule has 0 saturated carbocycles. The number of carbonyl (C=O) groups is 1. The van der Waals surface area contributed by atoms with Crippen molar-refractivity contribution in [3.63, 3.8) is 0 Å². The maximum absolute atomic E-state index is 12.3. The monoisotopic (exact) mass is 294 g/mol. The standard InChI is InChI=1S/C12H18N6O3/c1-13-11-7-9(10(8-14-11)18(20)21)12(19)15-17-5-3-16(2)4-6-17/h7-8H,3-6H2,1-2H3,(H,13,14)(H,15,19). The average molecular weight is 294 g/mol. The van der Waals surface area contributed by atoms with E-state index in [9.17, 15) is 14.9 Å². The molecule has 1 aromatic heterocycles. The van der Waals surface area contributed by atoms with Crippen LogP contribution in [-0.4, -0.2) is 66.0 Å². The van der Waals surface area contributed by atoms with Gasteiger partial charge in [-0.3, -0.25) is 20.3 Å². The van der Waals surface area contributed by atoms with Gasteiger partial charge in [0.15, 0.2) is 0 Å². The Morgan fingerprint density at radius 1 is 1.38 bits per heavy atom. The zero-order chi connectivity index (χ0) is 15.4. The van der Waals surface area contributed by atoms with Crippen LogP contribution in [0.3, 0.4) is 0 Å². The summed E-state index contributed by atoms with van der Waals surface area (Å²) in [4.78, 5) is 28.7. The molecule has 0 bridgehead atoms. The van der Waals surface area contributed by atoms with Crippen LogP contribution in [0.15, 0.2) is 12.3 Å². The van der Waals surface area contributed by atoms with Gasteiger partial charge >= 0.3 is 0 Å². The number of anilines is 1. The fourth-order valence-corrected chi connectivity index (χ4v) is 2.03. The summed E-state index contributed by atoms with van der Waals surface area (Å²) in [5, 5.41) is 15.5. The normalized spacial score (nSPS) is 16.5. The van der Waals surface area contributed by atoms with Gasteiger partial charge < -0.3 is 10.2 Å². The van der Waals surface area contributed by atoms with Gasteiger partial charge in [-0.1, -0.05) is 0 Å². The Labute approximate surface area is 122 Å². The van der Waals surface area contributed by atoms with Crippen molar-refractivity contribution in [2.75, 3.05) is 45.6 Å². The number of aromatic nitrogens is 1. The second-order valence-electron chi connectivity index (χ2n) is 4.83. The van der Waals surface area contributed by atoms with Crippen molar-refractivity contribution < 1.29 is 9.72 Å². The largest absolute Gasteiger partial charge is 0.373 e. The molecule has 21 heavy (non-hydrogen) atoms. The number of nitrogens with zero attached hydrogens (tertiary/aromatic N) is 4. The summed E-state index contributed by atoms with van der Waals surface area (Å²) in [7, 11) is 3.64. The van der Waals surface area contributed by atoms with Crippen molar-refractivity contribution in [2.24, 2.45) is 0 Å². The summed E-state index contributed by atoms with van der Waals surface area (Å²) in [6.45, 7) is 3.03. The maximum atomic E-state index is 12.3. The van der Waals surface area contributed by atoms with E-state index in [-0.39, 0.29) is 11.3 Å². The van der Waals surface area contributed by atoms with Gasteiger partial charge in [-0.15, -0.1) is 0 Å². The van der Waals surface area contributed by atoms with Gasteiger partial charge in [0.05, 0.1) is 4.92 Å². The van der Waals surface area contributed by atoms with Crippen molar-refractivity contribution >= 4 is 17.4 Å².